The molecule has 0 fully saturated rings. The number of nitro groups is 1. The predicted octanol–water partition coefficient (Wildman–Crippen LogP) is 4.11. The summed E-state index contributed by atoms with van der Waals surface area (Å²) in [5.74, 6) is 0.560. The van der Waals surface area contributed by atoms with Crippen LogP contribution in [0.2, 0.25) is 0 Å². The summed E-state index contributed by atoms with van der Waals surface area (Å²) in [6.07, 6.45) is -0.754. The molecule has 7 heteroatoms. The molecule has 1 aromatic carbocycles. The Morgan fingerprint density at radius 3 is 2.74 bits per heavy atom. The Kier molecular flexibility index (Phi) is 4.38. The predicted molar refractivity (Wildman–Crippen MR) is 80.8 cm³/mol. The molecular formula is C12H10INO4S. The van der Waals surface area contributed by atoms with Crippen molar-refractivity contribution < 1.29 is 14.8 Å². The van der Waals surface area contributed by atoms with Crippen molar-refractivity contribution in [2.24, 2.45) is 0 Å². The average molecular weight is 391 g/mol. The zero-order valence-corrected chi connectivity index (χ0v) is 12.8. The molecule has 1 heterocycles. The molecule has 1 atom stereocenters. The number of hydrogen-bond donors (Lipinski definition) is 1. The fourth-order valence-electron chi connectivity index (χ4n) is 1.42. The maximum atomic E-state index is 11.0. The van der Waals surface area contributed by atoms with Gasteiger partial charge in [-0.15, -0.1) is 0 Å². The number of nitrogens with zero attached hydrogens (tertiary/aromatic N) is 1. The number of para-hydroxylation sites is 1. The Morgan fingerprint density at radius 2 is 2.16 bits per heavy atom. The molecule has 2 rings (SSSR count). The molecule has 1 N–H and O–H groups in total. The second-order valence-corrected chi connectivity index (χ2v) is 6.00. The maximum Gasteiger partial charge on any atom is 0.323 e. The molecule has 0 saturated carbocycles. The number of aliphatic hydroxyl groups excluding tert-OH is 1. The number of halogens is 1. The fourth-order valence-corrected chi connectivity index (χ4v) is 2.84. The summed E-state index contributed by atoms with van der Waals surface area (Å²) < 4.78 is 6.45. The molecule has 0 amide bonds. The molecule has 19 heavy (non-hydrogen) atoms. The number of ether oxygens (including phenoxy) is 1. The van der Waals surface area contributed by atoms with E-state index >= 15 is 0 Å². The minimum absolute atomic E-state index is 0.124. The van der Waals surface area contributed by atoms with E-state index in [2.05, 4.69) is 22.6 Å². The van der Waals surface area contributed by atoms with Crippen LogP contribution in [0.1, 0.15) is 17.9 Å². The molecule has 0 aliphatic heterocycles. The van der Waals surface area contributed by atoms with Crippen LogP contribution in [0.3, 0.4) is 0 Å². The Hall–Kier alpha value is -1.19. The largest absolute Gasteiger partial charge is 0.439 e. The molecule has 0 aliphatic rings. The second-order valence-electron chi connectivity index (χ2n) is 3.79. The third kappa shape index (κ3) is 3.23. The van der Waals surface area contributed by atoms with Crippen molar-refractivity contribution in [1.82, 2.24) is 0 Å². The van der Waals surface area contributed by atoms with Crippen molar-refractivity contribution in [3.8, 4) is 10.8 Å². The molecule has 5 nitrogen and oxygen atoms in total. The monoisotopic (exact) mass is 391 g/mol. The highest BCUT2D eigenvalue weighted by Crippen LogP contribution is 2.42. The minimum Gasteiger partial charge on any atom is -0.439 e. The van der Waals surface area contributed by atoms with Crippen molar-refractivity contribution >= 4 is 39.6 Å². The van der Waals surface area contributed by atoms with Gasteiger partial charge < -0.3 is 9.84 Å². The number of benzene rings is 1. The van der Waals surface area contributed by atoms with Gasteiger partial charge in [0.05, 0.1) is 14.6 Å². The molecule has 100 valence electrons. The van der Waals surface area contributed by atoms with Crippen molar-refractivity contribution in [1.29, 1.82) is 0 Å². The van der Waals surface area contributed by atoms with Crippen LogP contribution in [0, 0.1) is 13.7 Å². The molecule has 0 aliphatic carbocycles. The van der Waals surface area contributed by atoms with Crippen LogP contribution in [0.5, 0.6) is 10.8 Å². The first-order valence-corrected chi connectivity index (χ1v) is 7.27. The third-order valence-electron chi connectivity index (χ3n) is 2.35. The zero-order valence-electron chi connectivity index (χ0n) is 9.87. The van der Waals surface area contributed by atoms with E-state index in [4.69, 9.17) is 4.74 Å². The smallest absolute Gasteiger partial charge is 0.323 e. The first-order valence-electron chi connectivity index (χ1n) is 5.37. The highest BCUT2D eigenvalue weighted by molar-refractivity contribution is 14.1. The lowest BCUT2D eigenvalue weighted by molar-refractivity contribution is -0.385. The SMILES string of the molecule is CC(O)c1cc([N+](=O)[O-])c(Oc2ccccc2I)s1. The number of thiophene rings is 1. The summed E-state index contributed by atoms with van der Waals surface area (Å²) in [5.41, 5.74) is -0.124. The molecule has 1 aromatic heterocycles. The summed E-state index contributed by atoms with van der Waals surface area (Å²) in [6, 6.07) is 8.60. The lowest BCUT2D eigenvalue weighted by Crippen LogP contribution is -1.90. The number of rotatable bonds is 4. The van der Waals surface area contributed by atoms with Gasteiger partial charge >= 0.3 is 5.69 Å². The zero-order chi connectivity index (χ0) is 14.0. The molecule has 0 radical (unpaired) electrons. The topological polar surface area (TPSA) is 72.6 Å². The van der Waals surface area contributed by atoms with E-state index < -0.39 is 11.0 Å². The van der Waals surface area contributed by atoms with Gasteiger partial charge in [0.2, 0.25) is 0 Å². The minimum atomic E-state index is -0.754. The first-order chi connectivity index (χ1) is 8.99. The summed E-state index contributed by atoms with van der Waals surface area (Å²) in [7, 11) is 0. The Morgan fingerprint density at radius 1 is 1.47 bits per heavy atom. The molecule has 0 spiro atoms. The van der Waals surface area contributed by atoms with Gasteiger partial charge in [-0.2, -0.15) is 0 Å². The van der Waals surface area contributed by atoms with Crippen LogP contribution in [-0.2, 0) is 0 Å². The van der Waals surface area contributed by atoms with Gasteiger partial charge in [0.25, 0.3) is 5.06 Å². The van der Waals surface area contributed by atoms with Gasteiger partial charge in [-0.25, -0.2) is 0 Å². The van der Waals surface area contributed by atoms with Crippen molar-refractivity contribution in [2.45, 2.75) is 13.0 Å². The summed E-state index contributed by atoms with van der Waals surface area (Å²) in [4.78, 5) is 11.0. The third-order valence-corrected chi connectivity index (χ3v) is 4.41. The van der Waals surface area contributed by atoms with Gasteiger partial charge in [0.15, 0.2) is 0 Å². The van der Waals surface area contributed by atoms with E-state index in [9.17, 15) is 15.2 Å². The standard InChI is InChI=1S/C12H10INO4S/c1-7(15)11-6-9(14(16)17)12(19-11)18-10-5-3-2-4-8(10)13/h2-7,15H,1H3. The molecule has 0 bridgehead atoms. The van der Waals surface area contributed by atoms with Crippen LogP contribution < -0.4 is 4.74 Å². The van der Waals surface area contributed by atoms with E-state index in [0.29, 0.717) is 10.6 Å². The Labute approximate surface area is 127 Å². The highest BCUT2D eigenvalue weighted by atomic mass is 127. The van der Waals surface area contributed by atoms with Gasteiger partial charge in [-0.3, -0.25) is 10.1 Å². The van der Waals surface area contributed by atoms with Crippen molar-refractivity contribution in [3.05, 3.63) is 48.9 Å². The molecule has 1 unspecified atom stereocenters. The summed E-state index contributed by atoms with van der Waals surface area (Å²) in [5, 5.41) is 20.7. The van der Waals surface area contributed by atoms with Crippen LogP contribution in [0.15, 0.2) is 30.3 Å². The van der Waals surface area contributed by atoms with E-state index in [0.717, 1.165) is 14.9 Å². The molecule has 0 saturated heterocycles. The Bertz CT molecular complexity index is 612. The van der Waals surface area contributed by atoms with Crippen molar-refractivity contribution in [3.63, 3.8) is 0 Å². The average Bonchev–Trinajstić information content (AvgIpc) is 2.76. The Balaban J connectivity index is 2.39. The van der Waals surface area contributed by atoms with E-state index in [-0.39, 0.29) is 10.8 Å². The lowest BCUT2D eigenvalue weighted by atomic mass is 10.3. The van der Waals surface area contributed by atoms with Gasteiger partial charge in [0.1, 0.15) is 5.75 Å². The number of hydrogen-bond acceptors (Lipinski definition) is 5. The van der Waals surface area contributed by atoms with Crippen LogP contribution >= 0.6 is 33.9 Å². The fraction of sp³-hybridized carbons (Fsp3) is 0.167. The second kappa shape index (κ2) is 5.85. The van der Waals surface area contributed by atoms with Crippen LogP contribution in [-0.4, -0.2) is 10.0 Å². The van der Waals surface area contributed by atoms with Crippen LogP contribution in [0.25, 0.3) is 0 Å². The summed E-state index contributed by atoms with van der Waals surface area (Å²) in [6.45, 7) is 1.56. The maximum absolute atomic E-state index is 11.0. The quantitative estimate of drug-likeness (QED) is 0.484. The van der Waals surface area contributed by atoms with Gasteiger partial charge in [0, 0.05) is 10.9 Å². The van der Waals surface area contributed by atoms with E-state index in [1.54, 1.807) is 19.1 Å². The van der Waals surface area contributed by atoms with E-state index in [1.807, 2.05) is 12.1 Å². The molecule has 2 aromatic rings. The highest BCUT2D eigenvalue weighted by Gasteiger charge is 2.23. The normalized spacial score (nSPS) is 12.2. The lowest BCUT2D eigenvalue weighted by Gasteiger charge is -2.04. The molecular weight excluding hydrogens is 381 g/mol. The first kappa shape index (κ1) is 14.2. The van der Waals surface area contributed by atoms with Crippen molar-refractivity contribution in [2.75, 3.05) is 0 Å². The number of aliphatic hydroxyl groups is 1. The van der Waals surface area contributed by atoms with Gasteiger partial charge in [-0.05, 0) is 41.6 Å². The summed E-state index contributed by atoms with van der Waals surface area (Å²) >= 11 is 3.18. The van der Waals surface area contributed by atoms with Gasteiger partial charge in [-0.1, -0.05) is 23.5 Å². The van der Waals surface area contributed by atoms with E-state index in [1.165, 1.54) is 6.07 Å². The van der Waals surface area contributed by atoms with Crippen LogP contribution in [0.4, 0.5) is 5.69 Å².